The number of fused-ring (bicyclic) bond motifs is 1. The van der Waals surface area contributed by atoms with Gasteiger partial charge in [-0.15, -0.1) is 0 Å². The summed E-state index contributed by atoms with van der Waals surface area (Å²) in [5.41, 5.74) is 5.10. The van der Waals surface area contributed by atoms with Gasteiger partial charge in [0.05, 0.1) is 0 Å². The molecule has 2 atom stereocenters. The van der Waals surface area contributed by atoms with E-state index in [4.69, 9.17) is 5.73 Å². The highest BCUT2D eigenvalue weighted by Gasteiger charge is 2.71. The molecule has 2 amide bonds. The zero-order chi connectivity index (χ0) is 13.6. The van der Waals surface area contributed by atoms with Gasteiger partial charge in [0.15, 0.2) is 0 Å². The van der Waals surface area contributed by atoms with Gasteiger partial charge in [0, 0.05) is 37.5 Å². The molecule has 1 saturated heterocycles. The number of carbonyl (C=O) groups excluding carboxylic acids is 1. The Bertz CT molecular complexity index is 355. The molecule has 1 heterocycles. The van der Waals surface area contributed by atoms with E-state index in [1.165, 1.54) is 0 Å². The Morgan fingerprint density at radius 1 is 1.26 bits per heavy atom. The van der Waals surface area contributed by atoms with E-state index in [0.717, 1.165) is 32.5 Å². The van der Waals surface area contributed by atoms with E-state index in [1.807, 2.05) is 0 Å². The summed E-state index contributed by atoms with van der Waals surface area (Å²) in [5, 5.41) is 2.73. The lowest BCUT2D eigenvalue weighted by Crippen LogP contribution is -2.47. The Labute approximate surface area is 111 Å². The van der Waals surface area contributed by atoms with E-state index < -0.39 is 12.0 Å². The molecule has 0 spiro atoms. The summed E-state index contributed by atoms with van der Waals surface area (Å²) in [4.78, 5) is 13.1. The third kappa shape index (κ3) is 2.55. The summed E-state index contributed by atoms with van der Waals surface area (Å²) < 4.78 is 26.2. The summed E-state index contributed by atoms with van der Waals surface area (Å²) in [6.45, 7) is 2.78. The Hall–Kier alpha value is -0.910. The predicted octanol–water partition coefficient (Wildman–Crippen LogP) is 1.41. The number of primary amides is 1. The van der Waals surface area contributed by atoms with Crippen molar-refractivity contribution in [1.29, 1.82) is 0 Å². The SMILES string of the molecule is NC(=O)NC1CCN(CC2CC3C(C2)C3(F)F)CC1. The number of amides is 2. The number of rotatable bonds is 3. The van der Waals surface area contributed by atoms with Gasteiger partial charge in [0.25, 0.3) is 5.92 Å². The summed E-state index contributed by atoms with van der Waals surface area (Å²) in [6, 6.07) is -0.286. The van der Waals surface area contributed by atoms with Crippen LogP contribution in [0, 0.1) is 17.8 Å². The van der Waals surface area contributed by atoms with Gasteiger partial charge in [-0.25, -0.2) is 13.6 Å². The average molecular weight is 273 g/mol. The Balaban J connectivity index is 1.38. The summed E-state index contributed by atoms with van der Waals surface area (Å²) in [5.74, 6) is -2.57. The van der Waals surface area contributed by atoms with Crippen molar-refractivity contribution < 1.29 is 13.6 Å². The van der Waals surface area contributed by atoms with Crippen molar-refractivity contribution in [3.8, 4) is 0 Å². The number of urea groups is 1. The van der Waals surface area contributed by atoms with Crippen LogP contribution in [0.15, 0.2) is 0 Å². The molecule has 6 heteroatoms. The fourth-order valence-electron chi connectivity index (χ4n) is 3.89. The van der Waals surface area contributed by atoms with E-state index in [-0.39, 0.29) is 17.9 Å². The highest BCUT2D eigenvalue weighted by atomic mass is 19.3. The zero-order valence-electron chi connectivity index (χ0n) is 10.9. The van der Waals surface area contributed by atoms with Gasteiger partial charge in [-0.1, -0.05) is 0 Å². The van der Waals surface area contributed by atoms with E-state index in [2.05, 4.69) is 10.2 Å². The number of nitrogens with one attached hydrogen (secondary N) is 1. The van der Waals surface area contributed by atoms with E-state index >= 15 is 0 Å². The predicted molar refractivity (Wildman–Crippen MR) is 66.8 cm³/mol. The smallest absolute Gasteiger partial charge is 0.312 e. The summed E-state index contributed by atoms with van der Waals surface area (Å²) >= 11 is 0. The molecule has 3 N–H and O–H groups in total. The van der Waals surface area contributed by atoms with Crippen LogP contribution in [0.25, 0.3) is 0 Å². The standard InChI is InChI=1S/C13H21F2N3O/c14-13(15)10-5-8(6-11(10)13)7-18-3-1-9(2-4-18)17-12(16)19/h8-11H,1-7H2,(H3,16,17,19). The van der Waals surface area contributed by atoms with Crippen molar-refractivity contribution in [3.63, 3.8) is 0 Å². The highest BCUT2D eigenvalue weighted by molar-refractivity contribution is 5.71. The van der Waals surface area contributed by atoms with Gasteiger partial charge in [0.2, 0.25) is 0 Å². The van der Waals surface area contributed by atoms with Crippen LogP contribution in [0.1, 0.15) is 25.7 Å². The van der Waals surface area contributed by atoms with Crippen LogP contribution in [-0.4, -0.2) is 42.5 Å². The largest absolute Gasteiger partial charge is 0.352 e. The molecular formula is C13H21F2N3O. The molecule has 0 aromatic rings. The van der Waals surface area contributed by atoms with Crippen molar-refractivity contribution in [3.05, 3.63) is 0 Å². The van der Waals surface area contributed by atoms with E-state index in [9.17, 15) is 13.6 Å². The molecule has 2 aliphatic carbocycles. The monoisotopic (exact) mass is 273 g/mol. The van der Waals surface area contributed by atoms with Crippen LogP contribution in [0.3, 0.4) is 0 Å². The maximum atomic E-state index is 13.1. The average Bonchev–Trinajstić information content (AvgIpc) is 2.73. The molecule has 0 aromatic carbocycles. The van der Waals surface area contributed by atoms with Crippen LogP contribution in [0.5, 0.6) is 0 Å². The summed E-state index contributed by atoms with van der Waals surface area (Å²) in [6.07, 6.45) is 3.19. The molecule has 19 heavy (non-hydrogen) atoms. The second kappa shape index (κ2) is 4.58. The molecule has 3 aliphatic rings. The van der Waals surface area contributed by atoms with Crippen molar-refractivity contribution >= 4 is 6.03 Å². The molecule has 1 aliphatic heterocycles. The number of hydrogen-bond acceptors (Lipinski definition) is 2. The number of hydrogen-bond donors (Lipinski definition) is 2. The normalized spacial score (nSPS) is 37.9. The second-order valence-corrected chi connectivity index (χ2v) is 6.31. The van der Waals surface area contributed by atoms with E-state index in [0.29, 0.717) is 18.8 Å². The number of likely N-dealkylation sites (tertiary alicyclic amines) is 1. The van der Waals surface area contributed by atoms with E-state index in [1.54, 1.807) is 0 Å². The first kappa shape index (κ1) is 13.1. The van der Waals surface area contributed by atoms with Crippen molar-refractivity contribution in [1.82, 2.24) is 10.2 Å². The number of halogens is 2. The van der Waals surface area contributed by atoms with Crippen molar-refractivity contribution in [2.75, 3.05) is 19.6 Å². The Morgan fingerprint density at radius 3 is 2.37 bits per heavy atom. The fraction of sp³-hybridized carbons (Fsp3) is 0.923. The van der Waals surface area contributed by atoms with Crippen LogP contribution in [0.2, 0.25) is 0 Å². The second-order valence-electron chi connectivity index (χ2n) is 6.31. The van der Waals surface area contributed by atoms with Crippen LogP contribution < -0.4 is 11.1 Å². The first-order valence-electron chi connectivity index (χ1n) is 7.13. The van der Waals surface area contributed by atoms with Gasteiger partial charge in [0.1, 0.15) is 0 Å². The van der Waals surface area contributed by atoms with Crippen LogP contribution >= 0.6 is 0 Å². The van der Waals surface area contributed by atoms with Gasteiger partial charge in [-0.3, -0.25) is 0 Å². The maximum absolute atomic E-state index is 13.1. The number of piperidine rings is 1. The zero-order valence-corrected chi connectivity index (χ0v) is 10.9. The molecule has 3 fully saturated rings. The van der Waals surface area contributed by atoms with Gasteiger partial charge < -0.3 is 16.0 Å². The lowest BCUT2D eigenvalue weighted by atomic mass is 9.99. The van der Waals surface area contributed by atoms with Gasteiger partial charge in [-0.05, 0) is 31.6 Å². The molecule has 0 bridgehead atoms. The van der Waals surface area contributed by atoms with Crippen LogP contribution in [-0.2, 0) is 0 Å². The minimum absolute atomic E-state index is 0.176. The minimum atomic E-state index is -2.35. The fourth-order valence-corrected chi connectivity index (χ4v) is 3.89. The first-order valence-corrected chi connectivity index (χ1v) is 7.13. The molecule has 3 rings (SSSR count). The molecule has 108 valence electrons. The third-order valence-corrected chi connectivity index (χ3v) is 4.99. The highest BCUT2D eigenvalue weighted by Crippen LogP contribution is 2.65. The molecule has 2 unspecified atom stereocenters. The number of carbonyl (C=O) groups is 1. The number of nitrogens with two attached hydrogens (primary N) is 1. The lowest BCUT2D eigenvalue weighted by molar-refractivity contribution is 0.0572. The topological polar surface area (TPSA) is 58.4 Å². The Morgan fingerprint density at radius 2 is 1.84 bits per heavy atom. The Kier molecular flexibility index (Phi) is 3.15. The molecule has 0 aromatic heterocycles. The molecular weight excluding hydrogens is 252 g/mol. The lowest BCUT2D eigenvalue weighted by Gasteiger charge is -2.34. The van der Waals surface area contributed by atoms with Gasteiger partial charge in [-0.2, -0.15) is 0 Å². The maximum Gasteiger partial charge on any atom is 0.312 e. The minimum Gasteiger partial charge on any atom is -0.352 e. The number of nitrogens with zero attached hydrogens (tertiary/aromatic N) is 1. The molecule has 4 nitrogen and oxygen atoms in total. The number of alkyl halides is 2. The first-order chi connectivity index (χ1) is 8.96. The van der Waals surface area contributed by atoms with Crippen LogP contribution in [0.4, 0.5) is 13.6 Å². The molecule has 0 radical (unpaired) electrons. The quantitative estimate of drug-likeness (QED) is 0.817. The van der Waals surface area contributed by atoms with Crippen molar-refractivity contribution in [2.24, 2.45) is 23.5 Å². The van der Waals surface area contributed by atoms with Crippen molar-refractivity contribution in [2.45, 2.75) is 37.6 Å². The molecule has 2 saturated carbocycles. The van der Waals surface area contributed by atoms with Gasteiger partial charge >= 0.3 is 6.03 Å². The summed E-state index contributed by atoms with van der Waals surface area (Å²) in [7, 11) is 0. The third-order valence-electron chi connectivity index (χ3n) is 4.99.